The van der Waals surface area contributed by atoms with Crippen molar-refractivity contribution in [2.45, 2.75) is 39.3 Å². The van der Waals surface area contributed by atoms with Crippen molar-refractivity contribution in [1.29, 1.82) is 0 Å². The lowest BCUT2D eigenvalue weighted by molar-refractivity contribution is -0.0510. The molecule has 1 saturated carbocycles. The van der Waals surface area contributed by atoms with Crippen LogP contribution >= 0.6 is 0 Å². The summed E-state index contributed by atoms with van der Waals surface area (Å²) >= 11 is 0. The molecule has 1 aliphatic rings. The van der Waals surface area contributed by atoms with E-state index in [4.69, 9.17) is 0 Å². The number of rotatable bonds is 2. The minimum atomic E-state index is -0.244. The van der Waals surface area contributed by atoms with E-state index in [1.807, 2.05) is 13.8 Å². The molecular formula is C13H18FNO. The van der Waals surface area contributed by atoms with Crippen molar-refractivity contribution >= 4 is 5.69 Å². The van der Waals surface area contributed by atoms with Crippen molar-refractivity contribution in [2.24, 2.45) is 5.41 Å². The zero-order valence-corrected chi connectivity index (χ0v) is 9.92. The van der Waals surface area contributed by atoms with Gasteiger partial charge in [-0.25, -0.2) is 4.39 Å². The van der Waals surface area contributed by atoms with Gasteiger partial charge in [-0.3, -0.25) is 0 Å². The molecule has 0 amide bonds. The largest absolute Gasteiger partial charge is 0.392 e. The first-order valence-electron chi connectivity index (χ1n) is 5.62. The summed E-state index contributed by atoms with van der Waals surface area (Å²) in [6.45, 7) is 5.83. The summed E-state index contributed by atoms with van der Waals surface area (Å²) in [7, 11) is 0. The van der Waals surface area contributed by atoms with Gasteiger partial charge < -0.3 is 10.4 Å². The van der Waals surface area contributed by atoms with E-state index >= 15 is 0 Å². The molecule has 2 N–H and O–H groups in total. The Hall–Kier alpha value is -1.09. The fraction of sp³-hybridized carbons (Fsp3) is 0.538. The van der Waals surface area contributed by atoms with Crippen LogP contribution in [-0.2, 0) is 0 Å². The highest BCUT2D eigenvalue weighted by atomic mass is 19.1. The molecule has 16 heavy (non-hydrogen) atoms. The molecule has 3 heteroatoms. The predicted molar refractivity (Wildman–Crippen MR) is 63.0 cm³/mol. The Morgan fingerprint density at radius 2 is 2.12 bits per heavy atom. The number of aryl methyl sites for hydroxylation is 1. The maximum absolute atomic E-state index is 13.1. The highest BCUT2D eigenvalue weighted by Crippen LogP contribution is 2.42. The first kappa shape index (κ1) is 11.4. The minimum absolute atomic E-state index is 0.109. The average Bonchev–Trinajstić information content (AvgIpc) is 2.23. The summed E-state index contributed by atoms with van der Waals surface area (Å²) in [6, 6.07) is 5.27. The van der Waals surface area contributed by atoms with Crippen LogP contribution < -0.4 is 5.32 Å². The van der Waals surface area contributed by atoms with E-state index in [0.717, 1.165) is 12.1 Å². The Labute approximate surface area is 95.5 Å². The summed E-state index contributed by atoms with van der Waals surface area (Å²) in [5.74, 6) is -0.182. The van der Waals surface area contributed by atoms with Gasteiger partial charge >= 0.3 is 0 Å². The third kappa shape index (κ3) is 1.80. The van der Waals surface area contributed by atoms with E-state index in [9.17, 15) is 9.50 Å². The zero-order valence-electron chi connectivity index (χ0n) is 9.92. The van der Waals surface area contributed by atoms with Gasteiger partial charge in [0.2, 0.25) is 0 Å². The van der Waals surface area contributed by atoms with Crippen molar-refractivity contribution in [1.82, 2.24) is 0 Å². The predicted octanol–water partition coefficient (Wildman–Crippen LogP) is 2.71. The maximum atomic E-state index is 13.1. The molecule has 0 bridgehead atoms. The number of aliphatic hydroxyl groups is 1. The smallest absolute Gasteiger partial charge is 0.126 e. The van der Waals surface area contributed by atoms with E-state index in [1.165, 1.54) is 6.07 Å². The lowest BCUT2D eigenvalue weighted by Gasteiger charge is -2.49. The van der Waals surface area contributed by atoms with Gasteiger partial charge in [0.25, 0.3) is 0 Å². The number of benzene rings is 1. The van der Waals surface area contributed by atoms with Gasteiger partial charge in [-0.1, -0.05) is 13.8 Å². The number of nitrogens with one attached hydrogen (secondary N) is 1. The Balaban J connectivity index is 2.08. The second-order valence-corrected chi connectivity index (χ2v) is 5.23. The molecule has 0 saturated heterocycles. The van der Waals surface area contributed by atoms with Crippen molar-refractivity contribution in [2.75, 3.05) is 5.32 Å². The fourth-order valence-electron chi connectivity index (χ4n) is 2.08. The van der Waals surface area contributed by atoms with E-state index in [-0.39, 0.29) is 23.4 Å². The number of hydrogen-bond acceptors (Lipinski definition) is 2. The first-order chi connectivity index (χ1) is 7.41. The molecule has 88 valence electrons. The number of hydrogen-bond donors (Lipinski definition) is 2. The zero-order chi connectivity index (χ0) is 11.9. The van der Waals surface area contributed by atoms with Gasteiger partial charge in [-0.05, 0) is 37.1 Å². The molecular weight excluding hydrogens is 205 g/mol. The summed E-state index contributed by atoms with van der Waals surface area (Å²) in [5.41, 5.74) is 1.45. The van der Waals surface area contributed by atoms with Crippen molar-refractivity contribution in [3.05, 3.63) is 29.6 Å². The Morgan fingerprint density at radius 1 is 1.44 bits per heavy atom. The molecule has 1 aromatic rings. The third-order valence-corrected chi connectivity index (χ3v) is 3.71. The van der Waals surface area contributed by atoms with Gasteiger partial charge in [-0.15, -0.1) is 0 Å². The van der Waals surface area contributed by atoms with Crippen LogP contribution in [0.1, 0.15) is 25.8 Å². The third-order valence-electron chi connectivity index (χ3n) is 3.71. The van der Waals surface area contributed by atoms with Gasteiger partial charge in [0.1, 0.15) is 5.82 Å². The summed E-state index contributed by atoms with van der Waals surface area (Å²) in [6.07, 6.45) is 0.509. The normalized spacial score (nSPS) is 27.3. The van der Waals surface area contributed by atoms with Gasteiger partial charge in [0.05, 0.1) is 6.10 Å². The molecule has 0 aliphatic heterocycles. The topological polar surface area (TPSA) is 32.3 Å². The quantitative estimate of drug-likeness (QED) is 0.808. The van der Waals surface area contributed by atoms with Crippen LogP contribution in [0.15, 0.2) is 18.2 Å². The number of halogens is 1. The van der Waals surface area contributed by atoms with Crippen LogP contribution in [-0.4, -0.2) is 17.3 Å². The molecule has 2 atom stereocenters. The molecule has 2 unspecified atom stereocenters. The van der Waals surface area contributed by atoms with Crippen LogP contribution in [0.25, 0.3) is 0 Å². The maximum Gasteiger partial charge on any atom is 0.126 e. The van der Waals surface area contributed by atoms with Crippen molar-refractivity contribution in [3.8, 4) is 0 Å². The van der Waals surface area contributed by atoms with Crippen molar-refractivity contribution in [3.63, 3.8) is 0 Å². The highest BCUT2D eigenvalue weighted by Gasteiger charge is 2.47. The second-order valence-electron chi connectivity index (χ2n) is 5.23. The number of aliphatic hydroxyl groups excluding tert-OH is 1. The standard InChI is InChI=1S/C13H18FNO/c1-8-6-9(4-5-10(8)14)15-11-7-12(16)13(11,2)3/h4-6,11-12,15-16H,7H2,1-3H3. The van der Waals surface area contributed by atoms with Gasteiger partial charge in [-0.2, -0.15) is 0 Å². The van der Waals surface area contributed by atoms with Crippen LogP contribution in [0, 0.1) is 18.2 Å². The molecule has 2 rings (SSSR count). The molecule has 2 nitrogen and oxygen atoms in total. The lowest BCUT2D eigenvalue weighted by atomic mass is 9.64. The molecule has 0 radical (unpaired) electrons. The van der Waals surface area contributed by atoms with E-state index in [2.05, 4.69) is 5.32 Å². The Morgan fingerprint density at radius 3 is 2.62 bits per heavy atom. The molecule has 0 heterocycles. The highest BCUT2D eigenvalue weighted by molar-refractivity contribution is 5.47. The van der Waals surface area contributed by atoms with Crippen LogP contribution in [0.2, 0.25) is 0 Å². The van der Waals surface area contributed by atoms with Gasteiger partial charge in [0.15, 0.2) is 0 Å². The van der Waals surface area contributed by atoms with Gasteiger partial charge in [0, 0.05) is 17.1 Å². The van der Waals surface area contributed by atoms with Crippen molar-refractivity contribution < 1.29 is 9.50 Å². The second kappa shape index (κ2) is 3.74. The van der Waals surface area contributed by atoms with E-state index < -0.39 is 0 Å². The number of anilines is 1. The summed E-state index contributed by atoms with van der Waals surface area (Å²) in [5, 5.41) is 13.0. The lowest BCUT2D eigenvalue weighted by Crippen LogP contribution is -2.56. The van der Waals surface area contributed by atoms with E-state index in [1.54, 1.807) is 19.1 Å². The Bertz CT molecular complexity index is 403. The molecule has 1 fully saturated rings. The molecule has 1 aliphatic carbocycles. The van der Waals surface area contributed by atoms with Crippen LogP contribution in [0.4, 0.5) is 10.1 Å². The average molecular weight is 223 g/mol. The van der Waals surface area contributed by atoms with Crippen LogP contribution in [0.5, 0.6) is 0 Å². The summed E-state index contributed by atoms with van der Waals surface area (Å²) < 4.78 is 13.1. The minimum Gasteiger partial charge on any atom is -0.392 e. The van der Waals surface area contributed by atoms with Crippen LogP contribution in [0.3, 0.4) is 0 Å². The molecule has 0 spiro atoms. The fourth-order valence-corrected chi connectivity index (χ4v) is 2.08. The Kier molecular flexibility index (Phi) is 2.66. The summed E-state index contributed by atoms with van der Waals surface area (Å²) in [4.78, 5) is 0. The van der Waals surface area contributed by atoms with E-state index in [0.29, 0.717) is 5.56 Å². The molecule has 1 aromatic carbocycles. The SMILES string of the molecule is Cc1cc(NC2CC(O)C2(C)C)ccc1F. The first-order valence-corrected chi connectivity index (χ1v) is 5.62. The molecule has 0 aromatic heterocycles. The monoisotopic (exact) mass is 223 g/mol.